The highest BCUT2D eigenvalue weighted by Gasteiger charge is 2.34. The van der Waals surface area contributed by atoms with Gasteiger partial charge in [-0.25, -0.2) is 9.97 Å². The fraction of sp³-hybridized carbons (Fsp3) is 0.240. The molecule has 0 aliphatic heterocycles. The molecule has 4 aromatic heterocycles. The van der Waals surface area contributed by atoms with Gasteiger partial charge in [0, 0.05) is 24.9 Å². The first-order chi connectivity index (χ1) is 19.0. The van der Waals surface area contributed by atoms with Crippen molar-refractivity contribution in [3.63, 3.8) is 0 Å². The molecule has 40 heavy (non-hydrogen) atoms. The minimum Gasteiger partial charge on any atom is -0.371 e. The van der Waals surface area contributed by atoms with Gasteiger partial charge in [-0.2, -0.15) is 13.2 Å². The second-order valence-electron chi connectivity index (χ2n) is 8.63. The lowest BCUT2D eigenvalue weighted by Crippen LogP contribution is -2.32. The van der Waals surface area contributed by atoms with E-state index >= 15 is 0 Å². The van der Waals surface area contributed by atoms with Crippen LogP contribution in [0.4, 0.5) is 24.8 Å². The highest BCUT2D eigenvalue weighted by atomic mass is 19.4. The van der Waals surface area contributed by atoms with Gasteiger partial charge in [0.25, 0.3) is 5.91 Å². The molecular weight excluding hydrogens is 533 g/mol. The molecule has 0 aliphatic carbocycles. The molecule has 4 heterocycles. The van der Waals surface area contributed by atoms with E-state index in [4.69, 9.17) is 4.52 Å². The number of nitrogens with one attached hydrogen (secondary N) is 2. The van der Waals surface area contributed by atoms with Gasteiger partial charge in [0.1, 0.15) is 29.5 Å². The Balaban J connectivity index is 1.51. The van der Waals surface area contributed by atoms with Gasteiger partial charge in [-0.1, -0.05) is 11.2 Å². The molecule has 4 rings (SSSR count). The molecule has 15 heteroatoms. The van der Waals surface area contributed by atoms with Crippen molar-refractivity contribution < 1.29 is 32.1 Å². The fourth-order valence-electron chi connectivity index (χ4n) is 3.88. The Morgan fingerprint density at radius 3 is 2.58 bits per heavy atom. The molecule has 0 bridgehead atoms. The molecule has 0 radical (unpaired) electrons. The smallest absolute Gasteiger partial charge is 0.371 e. The monoisotopic (exact) mass is 556 g/mol. The van der Waals surface area contributed by atoms with Crippen LogP contribution in [0.3, 0.4) is 0 Å². The lowest BCUT2D eigenvalue weighted by molar-refractivity contribution is -0.141. The molecule has 208 valence electrons. The zero-order chi connectivity index (χ0) is 29.0. The van der Waals surface area contributed by atoms with Crippen LogP contribution >= 0.6 is 0 Å². The number of aromatic nitrogens is 5. The number of anilines is 2. The number of aryl methyl sites for hydroxylation is 2. The molecule has 0 aromatic carbocycles. The average molecular weight is 557 g/mol. The van der Waals surface area contributed by atoms with Gasteiger partial charge in [-0.05, 0) is 37.6 Å². The summed E-state index contributed by atoms with van der Waals surface area (Å²) < 4.78 is 45.4. The van der Waals surface area contributed by atoms with Crippen molar-refractivity contribution in [2.75, 3.05) is 17.7 Å². The number of imidazole rings is 1. The molecule has 0 saturated carbocycles. The van der Waals surface area contributed by atoms with Crippen molar-refractivity contribution >= 4 is 29.9 Å². The number of alkyl halides is 3. The third-order valence-corrected chi connectivity index (χ3v) is 5.65. The number of hydrogen-bond donors (Lipinski definition) is 2. The first-order valence-corrected chi connectivity index (χ1v) is 11.7. The quantitative estimate of drug-likeness (QED) is 0.296. The van der Waals surface area contributed by atoms with Gasteiger partial charge in [-0.3, -0.25) is 24.3 Å². The molecule has 12 nitrogen and oxygen atoms in total. The minimum atomic E-state index is -4.58. The van der Waals surface area contributed by atoms with Gasteiger partial charge in [-0.15, -0.1) is 0 Å². The highest BCUT2D eigenvalue weighted by Crippen LogP contribution is 2.31. The molecule has 0 saturated heterocycles. The largest absolute Gasteiger partial charge is 0.433 e. The third-order valence-electron chi connectivity index (χ3n) is 5.65. The van der Waals surface area contributed by atoms with Gasteiger partial charge in [0.2, 0.25) is 12.3 Å². The van der Waals surface area contributed by atoms with Crippen molar-refractivity contribution in [3.05, 3.63) is 71.3 Å². The number of carbonyl (C=O) groups is 3. The number of rotatable bonds is 9. The Labute approximate surface area is 225 Å². The molecule has 0 unspecified atom stereocenters. The Kier molecular flexibility index (Phi) is 7.93. The van der Waals surface area contributed by atoms with E-state index in [0.717, 1.165) is 11.1 Å². The predicted molar refractivity (Wildman–Crippen MR) is 135 cm³/mol. The third kappa shape index (κ3) is 6.14. The lowest BCUT2D eigenvalue weighted by Gasteiger charge is -2.16. The molecule has 0 atom stereocenters. The number of imide groups is 1. The number of carbonyl (C=O) groups excluding carboxylic acids is 3. The maximum Gasteiger partial charge on any atom is 0.433 e. The van der Waals surface area contributed by atoms with Crippen LogP contribution in [-0.2, 0) is 28.9 Å². The van der Waals surface area contributed by atoms with Gasteiger partial charge in [0.15, 0.2) is 11.5 Å². The molecule has 2 N–H and O–H groups in total. The molecular formula is C25H23F3N8O4. The van der Waals surface area contributed by atoms with Crippen molar-refractivity contribution in [3.8, 4) is 11.3 Å². The molecule has 0 spiro atoms. The topological polar surface area (TPSA) is 148 Å². The van der Waals surface area contributed by atoms with E-state index in [1.165, 1.54) is 37.0 Å². The second-order valence-corrected chi connectivity index (χ2v) is 8.63. The fourth-order valence-corrected chi connectivity index (χ4v) is 3.88. The van der Waals surface area contributed by atoms with Crippen LogP contribution in [0.25, 0.3) is 11.3 Å². The van der Waals surface area contributed by atoms with Gasteiger partial charge >= 0.3 is 6.18 Å². The zero-order valence-electron chi connectivity index (χ0n) is 21.5. The van der Waals surface area contributed by atoms with Crippen molar-refractivity contribution in [1.82, 2.24) is 29.6 Å². The number of amides is 3. The average Bonchev–Trinajstić information content (AvgIpc) is 3.51. The normalized spacial score (nSPS) is 11.2. The number of halogens is 3. The van der Waals surface area contributed by atoms with E-state index in [1.807, 2.05) is 0 Å². The molecule has 3 amide bonds. The number of pyridine rings is 2. The van der Waals surface area contributed by atoms with E-state index < -0.39 is 23.7 Å². The standard InChI is InChI=1S/C25H23F3N8O4/c1-14-7-16(9-30-22(14)25(26,27)28)18-5-4-6-19(32-18)33-20(38)11-35-12-31-23(29-3)21(35)24(39)36(13-37)10-17-8-15(2)40-34-17/h4-9,12-13,29H,10-11H2,1-3H3,(H,32,33,38). The summed E-state index contributed by atoms with van der Waals surface area (Å²) in [4.78, 5) is 50.6. The van der Waals surface area contributed by atoms with E-state index in [2.05, 4.69) is 30.7 Å². The Hall–Kier alpha value is -5.08. The summed E-state index contributed by atoms with van der Waals surface area (Å²) in [6.07, 6.45) is -1.91. The first-order valence-electron chi connectivity index (χ1n) is 11.7. The van der Waals surface area contributed by atoms with Crippen LogP contribution in [0.2, 0.25) is 0 Å². The summed E-state index contributed by atoms with van der Waals surface area (Å²) >= 11 is 0. The lowest BCUT2D eigenvalue weighted by atomic mass is 10.1. The molecule has 4 aromatic rings. The summed E-state index contributed by atoms with van der Waals surface area (Å²) in [5, 5.41) is 9.14. The number of hydrogen-bond acceptors (Lipinski definition) is 9. The van der Waals surface area contributed by atoms with Crippen LogP contribution in [0.5, 0.6) is 0 Å². The van der Waals surface area contributed by atoms with Crippen molar-refractivity contribution in [2.45, 2.75) is 33.1 Å². The maximum atomic E-state index is 13.2. The minimum absolute atomic E-state index is 0.0435. The Morgan fingerprint density at radius 1 is 1.18 bits per heavy atom. The van der Waals surface area contributed by atoms with E-state index in [1.54, 1.807) is 25.1 Å². The molecule has 0 aliphatic rings. The maximum absolute atomic E-state index is 13.2. The summed E-state index contributed by atoms with van der Waals surface area (Å²) in [5.74, 6) is -0.529. The van der Waals surface area contributed by atoms with Crippen LogP contribution < -0.4 is 10.6 Å². The van der Waals surface area contributed by atoms with Gasteiger partial charge < -0.3 is 19.7 Å². The summed E-state index contributed by atoms with van der Waals surface area (Å²) in [6.45, 7) is 2.45. The van der Waals surface area contributed by atoms with E-state index in [0.29, 0.717) is 29.1 Å². The summed E-state index contributed by atoms with van der Waals surface area (Å²) in [7, 11) is 1.53. The van der Waals surface area contributed by atoms with Gasteiger partial charge in [0.05, 0.1) is 18.6 Å². The van der Waals surface area contributed by atoms with Crippen LogP contribution in [-0.4, -0.2) is 54.8 Å². The van der Waals surface area contributed by atoms with Crippen molar-refractivity contribution in [1.29, 1.82) is 0 Å². The number of nitrogens with zero attached hydrogens (tertiary/aromatic N) is 6. The first kappa shape index (κ1) is 27.9. The Morgan fingerprint density at radius 2 is 1.95 bits per heavy atom. The van der Waals surface area contributed by atoms with E-state index in [-0.39, 0.29) is 36.0 Å². The SMILES string of the molecule is CNc1ncn(CC(=O)Nc2cccc(-c3cnc(C(F)(F)F)c(C)c3)n2)c1C(=O)N(C=O)Cc1cc(C)on1. The Bertz CT molecular complexity index is 1560. The van der Waals surface area contributed by atoms with Crippen molar-refractivity contribution in [2.24, 2.45) is 0 Å². The van der Waals surface area contributed by atoms with Crippen LogP contribution in [0, 0.1) is 13.8 Å². The highest BCUT2D eigenvalue weighted by molar-refractivity contribution is 6.02. The van der Waals surface area contributed by atoms with Crippen LogP contribution in [0.1, 0.15) is 33.2 Å². The predicted octanol–water partition coefficient (Wildman–Crippen LogP) is 3.44. The van der Waals surface area contributed by atoms with Crippen LogP contribution in [0.15, 0.2) is 47.4 Å². The summed E-state index contributed by atoms with van der Waals surface area (Å²) in [5.41, 5.74) is -0.115. The summed E-state index contributed by atoms with van der Waals surface area (Å²) in [6, 6.07) is 7.53. The second kappa shape index (κ2) is 11.3. The molecule has 0 fully saturated rings. The van der Waals surface area contributed by atoms with E-state index in [9.17, 15) is 27.6 Å². The zero-order valence-corrected chi connectivity index (χ0v) is 21.5.